The average molecular weight is 311 g/mol. The van der Waals surface area contributed by atoms with Crippen molar-refractivity contribution < 1.29 is 0 Å². The molecule has 0 radical (unpaired) electrons. The molecule has 3 aromatic heterocycles. The van der Waals surface area contributed by atoms with Gasteiger partial charge in [0.05, 0.1) is 22.5 Å². The van der Waals surface area contributed by atoms with Gasteiger partial charge in [0.25, 0.3) is 5.78 Å². The molecule has 0 bridgehead atoms. The van der Waals surface area contributed by atoms with Crippen LogP contribution >= 0.6 is 11.6 Å². The number of allylic oxidation sites excluding steroid dienone is 2. The summed E-state index contributed by atoms with van der Waals surface area (Å²) in [5, 5.41) is 8.11. The van der Waals surface area contributed by atoms with Crippen molar-refractivity contribution in [2.24, 2.45) is 0 Å². The lowest BCUT2D eigenvalue weighted by Crippen LogP contribution is -2.18. The van der Waals surface area contributed by atoms with Crippen LogP contribution in [-0.2, 0) is 0 Å². The van der Waals surface area contributed by atoms with Crippen LogP contribution in [0, 0.1) is 0 Å². The fourth-order valence-electron chi connectivity index (χ4n) is 2.36. The van der Waals surface area contributed by atoms with Crippen molar-refractivity contribution in [1.82, 2.24) is 29.9 Å². The van der Waals surface area contributed by atoms with Crippen molar-refractivity contribution in [3.63, 3.8) is 0 Å². The molecule has 1 N–H and O–H groups in total. The summed E-state index contributed by atoms with van der Waals surface area (Å²) in [5.74, 6) is 0.556. The predicted molar refractivity (Wildman–Crippen MR) is 83.0 cm³/mol. The first kappa shape index (κ1) is 13.0. The molecular formula is C15H11ClN6. The molecule has 4 rings (SSSR count). The Hall–Kier alpha value is -2.73. The maximum Gasteiger partial charge on any atom is 0.253 e. The average Bonchev–Trinajstić information content (AvgIpc) is 3.04. The number of nitrogens with one attached hydrogen (secondary N) is 1. The Morgan fingerprint density at radius 1 is 1.23 bits per heavy atom. The second-order valence-electron chi connectivity index (χ2n) is 4.81. The van der Waals surface area contributed by atoms with E-state index in [2.05, 4.69) is 25.4 Å². The van der Waals surface area contributed by atoms with Crippen molar-refractivity contribution in [1.29, 1.82) is 0 Å². The predicted octanol–water partition coefficient (Wildman–Crippen LogP) is 2.47. The SMILES string of the molecule is ClC1=CNC(c2cc(-c3ccncc3)n3ncnc3n2)C=C1. The first-order valence-electron chi connectivity index (χ1n) is 6.72. The summed E-state index contributed by atoms with van der Waals surface area (Å²) in [4.78, 5) is 12.8. The Bertz CT molecular complexity index is 883. The minimum Gasteiger partial charge on any atom is -0.378 e. The van der Waals surface area contributed by atoms with Crippen molar-refractivity contribution >= 4 is 17.4 Å². The smallest absolute Gasteiger partial charge is 0.253 e. The maximum atomic E-state index is 5.93. The van der Waals surface area contributed by atoms with Crippen LogP contribution < -0.4 is 5.32 Å². The molecule has 108 valence electrons. The van der Waals surface area contributed by atoms with Gasteiger partial charge < -0.3 is 5.32 Å². The number of dihydropyridines is 1. The van der Waals surface area contributed by atoms with E-state index in [4.69, 9.17) is 11.6 Å². The van der Waals surface area contributed by atoms with Crippen LogP contribution in [0.25, 0.3) is 17.0 Å². The molecule has 3 aromatic rings. The Morgan fingerprint density at radius 2 is 2.09 bits per heavy atom. The van der Waals surface area contributed by atoms with Gasteiger partial charge in [-0.25, -0.2) is 4.98 Å². The number of fused-ring (bicyclic) bond motifs is 1. The summed E-state index contributed by atoms with van der Waals surface area (Å²) in [6, 6.07) is 5.80. The lowest BCUT2D eigenvalue weighted by molar-refractivity contribution is 0.715. The van der Waals surface area contributed by atoms with Crippen LogP contribution in [0.4, 0.5) is 0 Å². The zero-order valence-corrected chi connectivity index (χ0v) is 12.1. The third-order valence-corrected chi connectivity index (χ3v) is 3.65. The summed E-state index contributed by atoms with van der Waals surface area (Å²) in [7, 11) is 0. The Labute approximate surface area is 131 Å². The third-order valence-electron chi connectivity index (χ3n) is 3.42. The summed E-state index contributed by atoms with van der Waals surface area (Å²) in [6.45, 7) is 0. The molecule has 0 saturated heterocycles. The highest BCUT2D eigenvalue weighted by molar-refractivity contribution is 6.31. The van der Waals surface area contributed by atoms with Gasteiger partial charge >= 0.3 is 0 Å². The summed E-state index contributed by atoms with van der Waals surface area (Å²) < 4.78 is 1.72. The second-order valence-corrected chi connectivity index (χ2v) is 5.24. The highest BCUT2D eigenvalue weighted by atomic mass is 35.5. The minimum atomic E-state index is -0.0511. The normalized spacial score (nSPS) is 17.3. The highest BCUT2D eigenvalue weighted by Gasteiger charge is 2.16. The largest absolute Gasteiger partial charge is 0.378 e. The Balaban J connectivity index is 1.86. The van der Waals surface area contributed by atoms with E-state index in [1.54, 1.807) is 23.1 Å². The van der Waals surface area contributed by atoms with Gasteiger partial charge in [0, 0.05) is 24.2 Å². The van der Waals surface area contributed by atoms with E-state index in [0.717, 1.165) is 17.0 Å². The number of halogens is 1. The fraction of sp³-hybridized carbons (Fsp3) is 0.0667. The molecule has 1 aliphatic heterocycles. The number of hydrogen-bond donors (Lipinski definition) is 1. The number of hydrogen-bond acceptors (Lipinski definition) is 5. The van der Waals surface area contributed by atoms with Gasteiger partial charge in [-0.1, -0.05) is 17.7 Å². The molecule has 0 saturated carbocycles. The van der Waals surface area contributed by atoms with Crippen molar-refractivity contribution in [2.45, 2.75) is 6.04 Å². The molecule has 7 heteroatoms. The van der Waals surface area contributed by atoms with E-state index in [0.29, 0.717) is 10.8 Å². The number of pyridine rings is 1. The molecule has 0 fully saturated rings. The Morgan fingerprint density at radius 3 is 2.86 bits per heavy atom. The standard InChI is InChI=1S/C15H11ClN6/c16-11-1-2-12(18-8-11)13-7-14(10-3-5-17-6-4-10)22-15(21-13)19-9-20-22/h1-9,12,18H. The van der Waals surface area contributed by atoms with Crippen LogP contribution in [0.15, 0.2) is 60.3 Å². The first-order chi connectivity index (χ1) is 10.8. The fourth-order valence-corrected chi connectivity index (χ4v) is 2.50. The summed E-state index contributed by atoms with van der Waals surface area (Å²) in [6.07, 6.45) is 10.6. The van der Waals surface area contributed by atoms with Gasteiger partial charge in [-0.05, 0) is 24.3 Å². The van der Waals surface area contributed by atoms with Gasteiger partial charge in [-0.15, -0.1) is 0 Å². The lowest BCUT2D eigenvalue weighted by atomic mass is 10.1. The molecule has 1 aliphatic rings. The molecule has 1 unspecified atom stereocenters. The molecule has 4 heterocycles. The first-order valence-corrected chi connectivity index (χ1v) is 7.10. The molecule has 0 aromatic carbocycles. The van der Waals surface area contributed by atoms with Crippen molar-refractivity contribution in [2.75, 3.05) is 0 Å². The van der Waals surface area contributed by atoms with Crippen LogP contribution in [0.1, 0.15) is 11.7 Å². The van der Waals surface area contributed by atoms with E-state index in [1.165, 1.54) is 6.33 Å². The van der Waals surface area contributed by atoms with Gasteiger partial charge in [0.1, 0.15) is 6.33 Å². The van der Waals surface area contributed by atoms with Gasteiger partial charge in [-0.3, -0.25) is 4.98 Å². The van der Waals surface area contributed by atoms with E-state index < -0.39 is 0 Å². The lowest BCUT2D eigenvalue weighted by Gasteiger charge is -2.17. The van der Waals surface area contributed by atoms with E-state index in [1.807, 2.05) is 30.4 Å². The molecular weight excluding hydrogens is 300 g/mol. The monoisotopic (exact) mass is 310 g/mol. The zero-order chi connectivity index (χ0) is 14.9. The summed E-state index contributed by atoms with van der Waals surface area (Å²) >= 11 is 5.93. The van der Waals surface area contributed by atoms with E-state index >= 15 is 0 Å². The van der Waals surface area contributed by atoms with Crippen LogP contribution in [0.3, 0.4) is 0 Å². The van der Waals surface area contributed by atoms with E-state index in [-0.39, 0.29) is 6.04 Å². The topological polar surface area (TPSA) is 68.0 Å². The van der Waals surface area contributed by atoms with Gasteiger partial charge in [0.2, 0.25) is 0 Å². The van der Waals surface area contributed by atoms with E-state index in [9.17, 15) is 0 Å². The molecule has 0 amide bonds. The third kappa shape index (κ3) is 2.23. The molecule has 6 nitrogen and oxygen atoms in total. The van der Waals surface area contributed by atoms with Gasteiger partial charge in [0.15, 0.2) is 0 Å². The number of aromatic nitrogens is 5. The molecule has 0 spiro atoms. The quantitative estimate of drug-likeness (QED) is 0.787. The van der Waals surface area contributed by atoms with Crippen LogP contribution in [0.2, 0.25) is 0 Å². The highest BCUT2D eigenvalue weighted by Crippen LogP contribution is 2.24. The molecule has 0 aliphatic carbocycles. The maximum absolute atomic E-state index is 5.93. The molecule has 22 heavy (non-hydrogen) atoms. The van der Waals surface area contributed by atoms with Crippen LogP contribution in [-0.4, -0.2) is 24.6 Å². The summed E-state index contributed by atoms with van der Waals surface area (Å²) in [5.41, 5.74) is 2.77. The van der Waals surface area contributed by atoms with Gasteiger partial charge in [-0.2, -0.15) is 14.6 Å². The zero-order valence-electron chi connectivity index (χ0n) is 11.4. The Kier molecular flexibility index (Phi) is 3.08. The van der Waals surface area contributed by atoms with Crippen LogP contribution in [0.5, 0.6) is 0 Å². The van der Waals surface area contributed by atoms with Crippen molar-refractivity contribution in [3.05, 3.63) is 66.0 Å². The van der Waals surface area contributed by atoms with Crippen molar-refractivity contribution in [3.8, 4) is 11.3 Å². The molecule has 1 atom stereocenters. The number of nitrogens with zero attached hydrogens (tertiary/aromatic N) is 5. The number of rotatable bonds is 2. The second kappa shape index (κ2) is 5.23. The minimum absolute atomic E-state index is 0.0511.